The highest BCUT2D eigenvalue weighted by atomic mass is 16.4. The maximum Gasteiger partial charge on any atom is 0.323 e. The Morgan fingerprint density at radius 3 is 2.57 bits per heavy atom. The van der Waals surface area contributed by atoms with Gasteiger partial charge in [-0.25, -0.2) is 0 Å². The summed E-state index contributed by atoms with van der Waals surface area (Å²) in [6.45, 7) is 1.67. The lowest BCUT2D eigenvalue weighted by molar-refractivity contribution is -0.142. The van der Waals surface area contributed by atoms with E-state index in [9.17, 15) is 9.59 Å². The van der Waals surface area contributed by atoms with Crippen LogP contribution in [0.25, 0.3) is 0 Å². The number of nitrogens with zero attached hydrogens (tertiary/aromatic N) is 2. The van der Waals surface area contributed by atoms with Crippen molar-refractivity contribution in [2.75, 3.05) is 26.7 Å². The van der Waals surface area contributed by atoms with Crippen molar-refractivity contribution in [2.45, 2.75) is 18.9 Å². The van der Waals surface area contributed by atoms with E-state index in [1.54, 1.807) is 0 Å². The first-order chi connectivity index (χ1) is 6.63. The van der Waals surface area contributed by atoms with Crippen LogP contribution in [-0.2, 0) is 9.59 Å². The zero-order valence-electron chi connectivity index (χ0n) is 8.35. The molecule has 1 heterocycles. The van der Waals surface area contributed by atoms with Gasteiger partial charge in [-0.2, -0.15) is 0 Å². The van der Waals surface area contributed by atoms with Gasteiger partial charge in [-0.1, -0.05) is 0 Å². The summed E-state index contributed by atoms with van der Waals surface area (Å²) in [6.07, 6.45) is 2.37. The third kappa shape index (κ3) is 2.99. The fraction of sp³-hybridized carbons (Fsp3) is 0.778. The number of carbonyl (C=O) groups is 2. The third-order valence-corrected chi connectivity index (χ3v) is 2.61. The normalized spacial score (nSPS) is 19.2. The number of carboxylic acids is 1. The summed E-state index contributed by atoms with van der Waals surface area (Å²) in [5, 5.41) is 8.59. The summed E-state index contributed by atoms with van der Waals surface area (Å²) in [7, 11) is 2.03. The Morgan fingerprint density at radius 1 is 1.57 bits per heavy atom. The lowest BCUT2D eigenvalue weighted by Gasteiger charge is -2.34. The molecule has 1 aliphatic rings. The van der Waals surface area contributed by atoms with Crippen molar-refractivity contribution in [2.24, 2.45) is 0 Å². The molecule has 0 radical (unpaired) electrons. The first-order valence-corrected chi connectivity index (χ1v) is 4.75. The second-order valence-corrected chi connectivity index (χ2v) is 3.71. The number of carbonyl (C=O) groups excluding carboxylic acids is 1. The molecular weight excluding hydrogens is 184 g/mol. The van der Waals surface area contributed by atoms with Crippen LogP contribution in [-0.4, -0.2) is 60.0 Å². The van der Waals surface area contributed by atoms with Crippen LogP contribution in [0.2, 0.25) is 0 Å². The van der Waals surface area contributed by atoms with E-state index in [0.717, 1.165) is 25.9 Å². The smallest absolute Gasteiger partial charge is 0.323 e. The van der Waals surface area contributed by atoms with E-state index < -0.39 is 5.97 Å². The van der Waals surface area contributed by atoms with E-state index in [1.807, 2.05) is 7.05 Å². The van der Waals surface area contributed by atoms with Crippen molar-refractivity contribution in [3.8, 4) is 0 Å². The molecule has 1 rings (SSSR count). The first kappa shape index (κ1) is 11.0. The number of piperidine rings is 1. The fourth-order valence-electron chi connectivity index (χ4n) is 1.74. The molecule has 1 saturated heterocycles. The van der Waals surface area contributed by atoms with Crippen molar-refractivity contribution in [3.05, 3.63) is 0 Å². The maximum absolute atomic E-state index is 10.7. The SMILES string of the molecule is CN1CCC(N(C=O)CC(=O)O)CC1. The molecule has 14 heavy (non-hydrogen) atoms. The third-order valence-electron chi connectivity index (χ3n) is 2.61. The van der Waals surface area contributed by atoms with Gasteiger partial charge in [0.1, 0.15) is 6.54 Å². The highest BCUT2D eigenvalue weighted by Gasteiger charge is 2.23. The fourth-order valence-corrected chi connectivity index (χ4v) is 1.74. The Hall–Kier alpha value is -1.10. The van der Waals surface area contributed by atoms with Crippen LogP contribution in [0, 0.1) is 0 Å². The van der Waals surface area contributed by atoms with Gasteiger partial charge in [0, 0.05) is 6.04 Å². The quantitative estimate of drug-likeness (QED) is 0.629. The molecule has 0 aromatic rings. The van der Waals surface area contributed by atoms with Crippen LogP contribution in [0.5, 0.6) is 0 Å². The molecular formula is C9H16N2O3. The van der Waals surface area contributed by atoms with Crippen molar-refractivity contribution in [1.29, 1.82) is 0 Å². The Morgan fingerprint density at radius 2 is 2.14 bits per heavy atom. The van der Waals surface area contributed by atoms with Gasteiger partial charge >= 0.3 is 5.97 Å². The number of aliphatic carboxylic acids is 1. The first-order valence-electron chi connectivity index (χ1n) is 4.75. The number of hydrogen-bond acceptors (Lipinski definition) is 3. The van der Waals surface area contributed by atoms with E-state index >= 15 is 0 Å². The van der Waals surface area contributed by atoms with Gasteiger partial charge < -0.3 is 14.9 Å². The molecule has 0 unspecified atom stereocenters. The molecule has 5 nitrogen and oxygen atoms in total. The Bertz CT molecular complexity index is 212. The number of likely N-dealkylation sites (tertiary alicyclic amines) is 1. The lowest BCUT2D eigenvalue weighted by Crippen LogP contribution is -2.45. The van der Waals surface area contributed by atoms with Crippen molar-refractivity contribution in [1.82, 2.24) is 9.80 Å². The van der Waals surface area contributed by atoms with Crippen LogP contribution in [0.1, 0.15) is 12.8 Å². The zero-order valence-corrected chi connectivity index (χ0v) is 8.35. The van der Waals surface area contributed by atoms with Crippen LogP contribution in [0.4, 0.5) is 0 Å². The van der Waals surface area contributed by atoms with Crippen LogP contribution >= 0.6 is 0 Å². The molecule has 0 saturated carbocycles. The minimum absolute atomic E-state index is 0.0970. The number of hydrogen-bond donors (Lipinski definition) is 1. The molecule has 0 aromatic heterocycles. The zero-order chi connectivity index (χ0) is 10.6. The van der Waals surface area contributed by atoms with Gasteiger partial charge in [-0.05, 0) is 33.0 Å². The van der Waals surface area contributed by atoms with E-state index in [1.165, 1.54) is 4.90 Å². The molecule has 80 valence electrons. The van der Waals surface area contributed by atoms with Crippen LogP contribution in [0.3, 0.4) is 0 Å². The van der Waals surface area contributed by atoms with E-state index in [0.29, 0.717) is 6.41 Å². The summed E-state index contributed by atoms with van der Waals surface area (Å²) >= 11 is 0. The van der Waals surface area contributed by atoms with Crippen LogP contribution in [0.15, 0.2) is 0 Å². The molecule has 0 aromatic carbocycles. The summed E-state index contributed by atoms with van der Waals surface area (Å²) in [5.41, 5.74) is 0. The summed E-state index contributed by atoms with van der Waals surface area (Å²) in [4.78, 5) is 24.7. The molecule has 1 fully saturated rings. The second-order valence-electron chi connectivity index (χ2n) is 3.71. The predicted molar refractivity (Wildman–Crippen MR) is 50.9 cm³/mol. The van der Waals surface area contributed by atoms with Crippen molar-refractivity contribution < 1.29 is 14.7 Å². The van der Waals surface area contributed by atoms with Gasteiger partial charge in [0.2, 0.25) is 6.41 Å². The lowest BCUT2D eigenvalue weighted by atomic mass is 10.0. The Kier molecular flexibility index (Phi) is 3.88. The van der Waals surface area contributed by atoms with Gasteiger partial charge in [-0.15, -0.1) is 0 Å². The molecule has 0 atom stereocenters. The Labute approximate surface area is 83.3 Å². The monoisotopic (exact) mass is 200 g/mol. The van der Waals surface area contributed by atoms with Crippen LogP contribution < -0.4 is 0 Å². The van der Waals surface area contributed by atoms with E-state index in [2.05, 4.69) is 4.90 Å². The summed E-state index contributed by atoms with van der Waals surface area (Å²) in [6, 6.07) is 0.0970. The molecule has 0 spiro atoms. The van der Waals surface area contributed by atoms with E-state index in [-0.39, 0.29) is 12.6 Å². The molecule has 5 heteroatoms. The molecule has 1 N–H and O–H groups in total. The largest absolute Gasteiger partial charge is 0.480 e. The minimum atomic E-state index is -0.948. The molecule has 0 bridgehead atoms. The minimum Gasteiger partial charge on any atom is -0.480 e. The molecule has 1 amide bonds. The van der Waals surface area contributed by atoms with Crippen molar-refractivity contribution >= 4 is 12.4 Å². The van der Waals surface area contributed by atoms with Gasteiger partial charge in [0.05, 0.1) is 0 Å². The topological polar surface area (TPSA) is 60.9 Å². The predicted octanol–water partition coefficient (Wildman–Crippen LogP) is -0.376. The average molecular weight is 200 g/mol. The van der Waals surface area contributed by atoms with Crippen molar-refractivity contribution in [3.63, 3.8) is 0 Å². The Balaban J connectivity index is 2.44. The summed E-state index contributed by atoms with van der Waals surface area (Å²) in [5.74, 6) is -0.948. The average Bonchev–Trinajstić information content (AvgIpc) is 2.15. The number of amides is 1. The van der Waals surface area contributed by atoms with Gasteiger partial charge in [-0.3, -0.25) is 9.59 Å². The standard InChI is InChI=1S/C9H16N2O3/c1-10-4-2-8(3-5-10)11(7-12)6-9(13)14/h7-8H,2-6H2,1H3,(H,13,14). The maximum atomic E-state index is 10.7. The highest BCUT2D eigenvalue weighted by Crippen LogP contribution is 2.13. The summed E-state index contributed by atoms with van der Waals surface area (Å²) < 4.78 is 0. The highest BCUT2D eigenvalue weighted by molar-refractivity contribution is 5.72. The number of carboxylic acid groups (broad SMARTS) is 1. The molecule has 1 aliphatic heterocycles. The molecule has 0 aliphatic carbocycles. The van der Waals surface area contributed by atoms with E-state index in [4.69, 9.17) is 5.11 Å². The van der Waals surface area contributed by atoms with Gasteiger partial charge in [0.25, 0.3) is 0 Å². The second kappa shape index (κ2) is 4.95. The number of rotatable bonds is 4. The van der Waals surface area contributed by atoms with Gasteiger partial charge in [0.15, 0.2) is 0 Å².